The zero-order valence-electron chi connectivity index (χ0n) is 12.0. The first kappa shape index (κ1) is 14.7. The summed E-state index contributed by atoms with van der Waals surface area (Å²) in [6, 6.07) is 6.34. The molecule has 1 aromatic rings. The number of hydrogen-bond donors (Lipinski definition) is 2. The van der Waals surface area contributed by atoms with Gasteiger partial charge in [-0.1, -0.05) is 20.8 Å². The molecule has 1 unspecified atom stereocenters. The van der Waals surface area contributed by atoms with Crippen LogP contribution in [-0.4, -0.2) is 12.6 Å². The van der Waals surface area contributed by atoms with Gasteiger partial charge in [0.2, 0.25) is 0 Å². The largest absolute Gasteiger partial charge is 0.491 e. The topological polar surface area (TPSA) is 47.3 Å². The maximum Gasteiger partial charge on any atom is 0.144 e. The highest BCUT2D eigenvalue weighted by atomic mass is 16.5. The summed E-state index contributed by atoms with van der Waals surface area (Å²) in [6.07, 6.45) is 2.14. The molecule has 0 aliphatic rings. The molecule has 0 spiro atoms. The highest BCUT2D eigenvalue weighted by Gasteiger charge is 2.07. The molecule has 3 N–H and O–H groups in total. The highest BCUT2D eigenvalue weighted by Crippen LogP contribution is 2.26. The van der Waals surface area contributed by atoms with Crippen molar-refractivity contribution in [2.24, 2.45) is 5.92 Å². The standard InChI is InChI=1S/C15H26N2O/c1-5-8-18-15-10-13(6-7-14(15)16)17-12(4)9-11(2)3/h6-7,10-12,17H,5,8-9,16H2,1-4H3. The monoisotopic (exact) mass is 250 g/mol. The number of nitrogen functional groups attached to an aromatic ring is 1. The minimum Gasteiger partial charge on any atom is -0.491 e. The van der Waals surface area contributed by atoms with Crippen LogP contribution >= 0.6 is 0 Å². The van der Waals surface area contributed by atoms with E-state index in [1.165, 1.54) is 0 Å². The molecule has 0 bridgehead atoms. The van der Waals surface area contributed by atoms with Gasteiger partial charge in [0.1, 0.15) is 5.75 Å². The quantitative estimate of drug-likeness (QED) is 0.721. The minimum atomic E-state index is 0.452. The molecule has 18 heavy (non-hydrogen) atoms. The number of hydrogen-bond acceptors (Lipinski definition) is 3. The summed E-state index contributed by atoms with van der Waals surface area (Å²) in [6.45, 7) is 9.45. The van der Waals surface area contributed by atoms with Crippen molar-refractivity contribution in [3.8, 4) is 5.75 Å². The van der Waals surface area contributed by atoms with Crippen LogP contribution in [0.3, 0.4) is 0 Å². The average molecular weight is 250 g/mol. The molecule has 0 aliphatic carbocycles. The number of ether oxygens (including phenoxy) is 1. The lowest BCUT2D eigenvalue weighted by Gasteiger charge is -2.18. The molecule has 0 saturated carbocycles. The predicted molar refractivity (Wildman–Crippen MR) is 79.2 cm³/mol. The van der Waals surface area contributed by atoms with E-state index in [4.69, 9.17) is 10.5 Å². The molecule has 0 amide bonds. The summed E-state index contributed by atoms with van der Waals surface area (Å²) in [4.78, 5) is 0. The Balaban J connectivity index is 2.66. The van der Waals surface area contributed by atoms with Gasteiger partial charge in [-0.25, -0.2) is 0 Å². The Labute approximate surface area is 111 Å². The molecule has 1 atom stereocenters. The van der Waals surface area contributed by atoms with Crippen LogP contribution in [0, 0.1) is 5.92 Å². The summed E-state index contributed by atoms with van der Waals surface area (Å²) >= 11 is 0. The highest BCUT2D eigenvalue weighted by molar-refractivity contribution is 5.61. The molecular formula is C15H26N2O. The van der Waals surface area contributed by atoms with Crippen LogP contribution in [0.25, 0.3) is 0 Å². The molecule has 3 heteroatoms. The maximum atomic E-state index is 5.89. The first-order valence-electron chi connectivity index (χ1n) is 6.81. The van der Waals surface area contributed by atoms with E-state index in [0.29, 0.717) is 24.3 Å². The number of rotatable bonds is 7. The lowest BCUT2D eigenvalue weighted by atomic mass is 10.1. The molecule has 0 fully saturated rings. The van der Waals surface area contributed by atoms with Crippen LogP contribution in [0.2, 0.25) is 0 Å². The van der Waals surface area contributed by atoms with E-state index in [9.17, 15) is 0 Å². The van der Waals surface area contributed by atoms with E-state index in [0.717, 1.165) is 24.3 Å². The Morgan fingerprint density at radius 1 is 1.28 bits per heavy atom. The zero-order valence-corrected chi connectivity index (χ0v) is 12.0. The smallest absolute Gasteiger partial charge is 0.144 e. The number of nitrogens with two attached hydrogens (primary N) is 1. The fourth-order valence-corrected chi connectivity index (χ4v) is 2.01. The van der Waals surface area contributed by atoms with Gasteiger partial charge in [-0.3, -0.25) is 0 Å². The van der Waals surface area contributed by atoms with Gasteiger partial charge < -0.3 is 15.8 Å². The summed E-state index contributed by atoms with van der Waals surface area (Å²) in [5.74, 6) is 1.47. The van der Waals surface area contributed by atoms with Gasteiger partial charge in [0.05, 0.1) is 12.3 Å². The van der Waals surface area contributed by atoms with Crippen molar-refractivity contribution in [2.45, 2.75) is 46.6 Å². The molecule has 0 aliphatic heterocycles. The van der Waals surface area contributed by atoms with Gasteiger partial charge in [-0.05, 0) is 37.8 Å². The van der Waals surface area contributed by atoms with Crippen molar-refractivity contribution < 1.29 is 4.74 Å². The second-order valence-corrected chi connectivity index (χ2v) is 5.28. The normalized spacial score (nSPS) is 12.5. The fraction of sp³-hybridized carbons (Fsp3) is 0.600. The van der Waals surface area contributed by atoms with Crippen molar-refractivity contribution >= 4 is 11.4 Å². The van der Waals surface area contributed by atoms with Gasteiger partial charge in [0, 0.05) is 17.8 Å². The number of nitrogens with one attached hydrogen (secondary N) is 1. The molecule has 1 rings (SSSR count). The van der Waals surface area contributed by atoms with Crippen molar-refractivity contribution in [3.63, 3.8) is 0 Å². The molecule has 0 saturated heterocycles. The molecule has 1 aromatic carbocycles. The van der Waals surface area contributed by atoms with Crippen LogP contribution in [0.15, 0.2) is 18.2 Å². The van der Waals surface area contributed by atoms with Crippen molar-refractivity contribution in [1.82, 2.24) is 0 Å². The molecule has 102 valence electrons. The Morgan fingerprint density at radius 2 is 2.00 bits per heavy atom. The number of anilines is 2. The van der Waals surface area contributed by atoms with E-state index < -0.39 is 0 Å². The van der Waals surface area contributed by atoms with Gasteiger partial charge in [-0.2, -0.15) is 0 Å². The van der Waals surface area contributed by atoms with E-state index in [1.807, 2.05) is 18.2 Å². The third-order valence-corrected chi connectivity index (χ3v) is 2.71. The summed E-state index contributed by atoms with van der Waals surface area (Å²) in [7, 11) is 0. The molecule has 0 aromatic heterocycles. The fourth-order valence-electron chi connectivity index (χ4n) is 2.01. The second kappa shape index (κ2) is 7.14. The zero-order chi connectivity index (χ0) is 13.5. The predicted octanol–water partition coefficient (Wildman–Crippen LogP) is 3.90. The summed E-state index contributed by atoms with van der Waals surface area (Å²) in [5.41, 5.74) is 7.66. The minimum absolute atomic E-state index is 0.452. The molecule has 3 nitrogen and oxygen atoms in total. The lowest BCUT2D eigenvalue weighted by Crippen LogP contribution is -2.17. The van der Waals surface area contributed by atoms with Gasteiger partial charge in [0.25, 0.3) is 0 Å². The van der Waals surface area contributed by atoms with E-state index in [-0.39, 0.29) is 0 Å². The van der Waals surface area contributed by atoms with Crippen LogP contribution in [-0.2, 0) is 0 Å². The van der Waals surface area contributed by atoms with Crippen LogP contribution in [0.4, 0.5) is 11.4 Å². The van der Waals surface area contributed by atoms with E-state index >= 15 is 0 Å². The summed E-state index contributed by atoms with van der Waals surface area (Å²) in [5, 5.41) is 3.48. The first-order chi connectivity index (χ1) is 8.52. The Bertz CT molecular complexity index is 364. The van der Waals surface area contributed by atoms with E-state index in [1.54, 1.807) is 0 Å². The van der Waals surface area contributed by atoms with Crippen LogP contribution in [0.5, 0.6) is 5.75 Å². The van der Waals surface area contributed by atoms with Crippen molar-refractivity contribution in [2.75, 3.05) is 17.7 Å². The Morgan fingerprint density at radius 3 is 2.61 bits per heavy atom. The Hall–Kier alpha value is -1.38. The van der Waals surface area contributed by atoms with Crippen LogP contribution in [0.1, 0.15) is 40.5 Å². The van der Waals surface area contributed by atoms with Crippen LogP contribution < -0.4 is 15.8 Å². The third-order valence-electron chi connectivity index (χ3n) is 2.71. The maximum absolute atomic E-state index is 5.89. The van der Waals surface area contributed by atoms with Crippen molar-refractivity contribution in [3.05, 3.63) is 18.2 Å². The average Bonchev–Trinajstić information content (AvgIpc) is 2.28. The van der Waals surface area contributed by atoms with Gasteiger partial charge in [-0.15, -0.1) is 0 Å². The molecule has 0 heterocycles. The first-order valence-corrected chi connectivity index (χ1v) is 6.81. The van der Waals surface area contributed by atoms with Gasteiger partial charge >= 0.3 is 0 Å². The number of benzene rings is 1. The Kier molecular flexibility index (Phi) is 5.83. The third kappa shape index (κ3) is 4.86. The molecule has 0 radical (unpaired) electrons. The van der Waals surface area contributed by atoms with Gasteiger partial charge in [0.15, 0.2) is 0 Å². The molecular weight excluding hydrogens is 224 g/mol. The van der Waals surface area contributed by atoms with E-state index in [2.05, 4.69) is 33.0 Å². The second-order valence-electron chi connectivity index (χ2n) is 5.28. The SMILES string of the molecule is CCCOc1cc(NC(C)CC(C)C)ccc1N. The van der Waals surface area contributed by atoms with Crippen molar-refractivity contribution in [1.29, 1.82) is 0 Å². The summed E-state index contributed by atoms with van der Waals surface area (Å²) < 4.78 is 5.62. The lowest BCUT2D eigenvalue weighted by molar-refractivity contribution is 0.319.